The zero-order valence-electron chi connectivity index (χ0n) is 10.1. The third kappa shape index (κ3) is 3.24. The molecule has 0 amide bonds. The molecule has 0 spiro atoms. The molecule has 0 aliphatic rings. The van der Waals surface area contributed by atoms with E-state index in [4.69, 9.17) is 5.73 Å². The minimum absolute atomic E-state index is 0.0196. The molecule has 0 aliphatic carbocycles. The number of nitrogens with two attached hydrogens (primary N) is 1. The summed E-state index contributed by atoms with van der Waals surface area (Å²) in [5, 5.41) is 0. The van der Waals surface area contributed by atoms with Gasteiger partial charge in [-0.3, -0.25) is 0 Å². The maximum Gasteiger partial charge on any atom is 0.173 e. The smallest absolute Gasteiger partial charge is 0.173 e. The van der Waals surface area contributed by atoms with Crippen LogP contribution >= 0.6 is 31.9 Å². The highest BCUT2D eigenvalue weighted by Crippen LogP contribution is 2.29. The number of halogens is 5. The van der Waals surface area contributed by atoms with Crippen molar-refractivity contribution in [2.24, 2.45) is 5.73 Å². The number of benzene rings is 2. The van der Waals surface area contributed by atoms with Crippen molar-refractivity contribution in [1.82, 2.24) is 0 Å². The van der Waals surface area contributed by atoms with Crippen LogP contribution in [-0.4, -0.2) is 0 Å². The molecule has 0 bridgehead atoms. The second-order valence-electron chi connectivity index (χ2n) is 4.32. The summed E-state index contributed by atoms with van der Waals surface area (Å²) in [6, 6.07) is 6.49. The van der Waals surface area contributed by atoms with Gasteiger partial charge in [0.2, 0.25) is 0 Å². The second kappa shape index (κ2) is 6.28. The van der Waals surface area contributed by atoms with Crippen LogP contribution in [0.25, 0.3) is 0 Å². The lowest BCUT2D eigenvalue weighted by molar-refractivity contribution is 0.500. The average molecular weight is 409 g/mol. The van der Waals surface area contributed by atoms with Crippen molar-refractivity contribution in [3.8, 4) is 0 Å². The Morgan fingerprint density at radius 2 is 1.65 bits per heavy atom. The third-order valence-corrected chi connectivity index (χ3v) is 4.32. The van der Waals surface area contributed by atoms with Crippen molar-refractivity contribution in [2.45, 2.75) is 12.5 Å². The molecule has 1 unspecified atom stereocenters. The minimum Gasteiger partial charge on any atom is -0.324 e. The highest BCUT2D eigenvalue weighted by molar-refractivity contribution is 9.10. The molecule has 0 saturated carbocycles. The summed E-state index contributed by atoms with van der Waals surface area (Å²) in [6.45, 7) is 0. The largest absolute Gasteiger partial charge is 0.324 e. The Bertz CT molecular complexity index is 647. The highest BCUT2D eigenvalue weighted by atomic mass is 79.9. The van der Waals surface area contributed by atoms with E-state index in [1.54, 1.807) is 12.1 Å². The maximum absolute atomic E-state index is 13.5. The summed E-state index contributed by atoms with van der Waals surface area (Å²) in [7, 11) is 0. The summed E-state index contributed by atoms with van der Waals surface area (Å²) in [4.78, 5) is 0. The van der Waals surface area contributed by atoms with Gasteiger partial charge in [0.15, 0.2) is 11.6 Å². The van der Waals surface area contributed by atoms with Crippen LogP contribution in [0.2, 0.25) is 0 Å². The van der Waals surface area contributed by atoms with Crippen LogP contribution in [-0.2, 0) is 6.42 Å². The summed E-state index contributed by atoms with van der Waals surface area (Å²) < 4.78 is 40.0. The van der Waals surface area contributed by atoms with Crippen molar-refractivity contribution in [3.63, 3.8) is 0 Å². The molecule has 20 heavy (non-hydrogen) atoms. The molecule has 1 atom stereocenters. The van der Waals surface area contributed by atoms with Gasteiger partial charge in [0.25, 0.3) is 0 Å². The van der Waals surface area contributed by atoms with Crippen LogP contribution < -0.4 is 5.73 Å². The number of rotatable bonds is 3. The molecule has 0 aromatic heterocycles. The molecule has 0 saturated heterocycles. The molecular formula is C14H10Br2F3N. The van der Waals surface area contributed by atoms with E-state index < -0.39 is 17.7 Å². The summed E-state index contributed by atoms with van der Waals surface area (Å²) in [6.07, 6.45) is 0.378. The van der Waals surface area contributed by atoms with Crippen molar-refractivity contribution < 1.29 is 13.2 Å². The standard InChI is InChI=1S/C14H10Br2F3N/c15-9-5-7(1-3-10(9)17)6-12(20)8-2-4-11(18)14(19)13(8)16/h1-5,12H,6,20H2. The molecule has 1 nitrogen and oxygen atoms in total. The quantitative estimate of drug-likeness (QED) is 0.720. The van der Waals surface area contributed by atoms with E-state index in [0.29, 0.717) is 16.5 Å². The molecule has 2 rings (SSSR count). The third-order valence-electron chi connectivity index (χ3n) is 2.90. The lowest BCUT2D eigenvalue weighted by atomic mass is 9.99. The first-order chi connectivity index (χ1) is 9.40. The predicted molar refractivity (Wildman–Crippen MR) is 78.8 cm³/mol. The molecule has 2 N–H and O–H groups in total. The van der Waals surface area contributed by atoms with Gasteiger partial charge in [-0.1, -0.05) is 12.1 Å². The van der Waals surface area contributed by atoms with Gasteiger partial charge in [-0.25, -0.2) is 13.2 Å². The first-order valence-electron chi connectivity index (χ1n) is 5.73. The molecule has 106 valence electrons. The minimum atomic E-state index is -0.960. The van der Waals surface area contributed by atoms with Crippen LogP contribution in [0, 0.1) is 17.5 Å². The van der Waals surface area contributed by atoms with Gasteiger partial charge in [-0.05, 0) is 67.6 Å². The topological polar surface area (TPSA) is 26.0 Å². The summed E-state index contributed by atoms with van der Waals surface area (Å²) >= 11 is 6.10. The maximum atomic E-state index is 13.5. The lowest BCUT2D eigenvalue weighted by Gasteiger charge is -2.15. The zero-order chi connectivity index (χ0) is 14.9. The van der Waals surface area contributed by atoms with Gasteiger partial charge in [0.05, 0.1) is 8.95 Å². The fourth-order valence-corrected chi connectivity index (χ4v) is 2.90. The van der Waals surface area contributed by atoms with E-state index in [-0.39, 0.29) is 10.3 Å². The van der Waals surface area contributed by atoms with E-state index in [1.807, 2.05) is 0 Å². The van der Waals surface area contributed by atoms with Gasteiger partial charge < -0.3 is 5.73 Å². The molecule has 0 radical (unpaired) electrons. The van der Waals surface area contributed by atoms with Crippen LogP contribution in [0.4, 0.5) is 13.2 Å². The van der Waals surface area contributed by atoms with E-state index in [2.05, 4.69) is 31.9 Å². The highest BCUT2D eigenvalue weighted by Gasteiger charge is 2.17. The Labute approximate surface area is 131 Å². The van der Waals surface area contributed by atoms with Gasteiger partial charge >= 0.3 is 0 Å². The molecule has 0 fully saturated rings. The van der Waals surface area contributed by atoms with Crippen molar-refractivity contribution in [3.05, 3.63) is 67.9 Å². The molecule has 2 aromatic rings. The van der Waals surface area contributed by atoms with E-state index in [9.17, 15) is 13.2 Å². The Morgan fingerprint density at radius 1 is 1.00 bits per heavy atom. The monoisotopic (exact) mass is 407 g/mol. The number of hydrogen-bond acceptors (Lipinski definition) is 1. The van der Waals surface area contributed by atoms with E-state index in [0.717, 1.165) is 11.6 Å². The Morgan fingerprint density at radius 3 is 2.30 bits per heavy atom. The Kier molecular flexibility index (Phi) is 4.88. The van der Waals surface area contributed by atoms with Crippen LogP contribution in [0.15, 0.2) is 39.3 Å². The van der Waals surface area contributed by atoms with Gasteiger partial charge in [-0.2, -0.15) is 0 Å². The van der Waals surface area contributed by atoms with Crippen LogP contribution in [0.1, 0.15) is 17.2 Å². The summed E-state index contributed by atoms with van der Waals surface area (Å²) in [5.41, 5.74) is 7.26. The van der Waals surface area contributed by atoms with Crippen molar-refractivity contribution >= 4 is 31.9 Å². The van der Waals surface area contributed by atoms with Crippen molar-refractivity contribution in [2.75, 3.05) is 0 Å². The van der Waals surface area contributed by atoms with Crippen LogP contribution in [0.5, 0.6) is 0 Å². The normalized spacial score (nSPS) is 12.5. The fraction of sp³-hybridized carbons (Fsp3) is 0.143. The predicted octanol–water partition coefficient (Wildman–Crippen LogP) is 4.87. The van der Waals surface area contributed by atoms with Gasteiger partial charge in [0, 0.05) is 6.04 Å². The zero-order valence-corrected chi connectivity index (χ0v) is 13.3. The molecule has 6 heteroatoms. The van der Waals surface area contributed by atoms with Gasteiger partial charge in [-0.15, -0.1) is 0 Å². The second-order valence-corrected chi connectivity index (χ2v) is 5.97. The first-order valence-corrected chi connectivity index (χ1v) is 7.31. The fourth-order valence-electron chi connectivity index (χ4n) is 1.86. The Balaban J connectivity index is 2.26. The van der Waals surface area contributed by atoms with E-state index in [1.165, 1.54) is 12.1 Å². The SMILES string of the molecule is NC(Cc1ccc(F)c(Br)c1)c1ccc(F)c(F)c1Br. The molecular weight excluding hydrogens is 399 g/mol. The molecule has 2 aromatic carbocycles. The van der Waals surface area contributed by atoms with Crippen LogP contribution in [0.3, 0.4) is 0 Å². The average Bonchev–Trinajstić information content (AvgIpc) is 2.40. The van der Waals surface area contributed by atoms with E-state index >= 15 is 0 Å². The molecule has 0 heterocycles. The lowest BCUT2D eigenvalue weighted by Crippen LogP contribution is -2.15. The Hall–Kier alpha value is -0.850. The van der Waals surface area contributed by atoms with Gasteiger partial charge in [0.1, 0.15) is 5.82 Å². The first kappa shape index (κ1) is 15.5. The number of hydrogen-bond donors (Lipinski definition) is 1. The summed E-state index contributed by atoms with van der Waals surface area (Å²) in [5.74, 6) is -2.26. The van der Waals surface area contributed by atoms with Crippen molar-refractivity contribution in [1.29, 1.82) is 0 Å². The molecule has 0 aliphatic heterocycles.